The van der Waals surface area contributed by atoms with Gasteiger partial charge in [0.1, 0.15) is 0 Å². The summed E-state index contributed by atoms with van der Waals surface area (Å²) in [5, 5.41) is 3.50. The lowest BCUT2D eigenvalue weighted by atomic mass is 10.3. The van der Waals surface area contributed by atoms with Crippen LogP contribution < -0.4 is 5.32 Å². The first-order valence-corrected chi connectivity index (χ1v) is 4.88. The van der Waals surface area contributed by atoms with E-state index in [1.165, 1.54) is 12.8 Å². The van der Waals surface area contributed by atoms with Crippen molar-refractivity contribution >= 4 is 0 Å². The third kappa shape index (κ3) is 2.44. The molecule has 2 fully saturated rings. The van der Waals surface area contributed by atoms with Crippen molar-refractivity contribution in [1.82, 2.24) is 10.2 Å². The molecular weight excluding hydrogens is 152 g/mol. The molecule has 2 aliphatic rings. The highest BCUT2D eigenvalue weighted by Crippen LogP contribution is 2.18. The molecule has 1 N–H and O–H groups in total. The molecule has 1 atom stereocenters. The van der Waals surface area contributed by atoms with Crippen molar-refractivity contribution in [3.63, 3.8) is 0 Å². The van der Waals surface area contributed by atoms with Crippen molar-refractivity contribution in [3.8, 4) is 0 Å². The first-order chi connectivity index (χ1) is 5.84. The molecule has 2 rings (SSSR count). The van der Waals surface area contributed by atoms with E-state index >= 15 is 0 Å². The molecule has 1 aliphatic carbocycles. The first kappa shape index (κ1) is 8.48. The van der Waals surface area contributed by atoms with Crippen LogP contribution in [0.5, 0.6) is 0 Å². The fraction of sp³-hybridized carbons (Fsp3) is 1.00. The van der Waals surface area contributed by atoms with Crippen molar-refractivity contribution in [2.45, 2.75) is 25.0 Å². The number of nitrogens with zero attached hydrogens (tertiary/aromatic N) is 1. The number of morpholine rings is 1. The lowest BCUT2D eigenvalue weighted by Crippen LogP contribution is -2.45. The highest BCUT2D eigenvalue weighted by Gasteiger charge is 2.23. The summed E-state index contributed by atoms with van der Waals surface area (Å²) in [6.45, 7) is 4.10. The van der Waals surface area contributed by atoms with E-state index in [4.69, 9.17) is 4.74 Å². The number of hydrogen-bond donors (Lipinski definition) is 1. The summed E-state index contributed by atoms with van der Waals surface area (Å²) in [5.41, 5.74) is 0. The zero-order chi connectivity index (χ0) is 8.39. The number of nitrogens with one attached hydrogen (secondary N) is 1. The molecule has 0 radical (unpaired) electrons. The van der Waals surface area contributed by atoms with Gasteiger partial charge in [-0.2, -0.15) is 0 Å². The molecule has 3 heteroatoms. The maximum absolute atomic E-state index is 5.62. The van der Waals surface area contributed by atoms with Crippen LogP contribution in [-0.4, -0.2) is 50.3 Å². The molecule has 1 heterocycles. The summed E-state index contributed by atoms with van der Waals surface area (Å²) in [5.74, 6) is 0. The normalized spacial score (nSPS) is 32.2. The minimum Gasteiger partial charge on any atom is -0.374 e. The van der Waals surface area contributed by atoms with Crippen molar-refractivity contribution in [2.24, 2.45) is 0 Å². The van der Waals surface area contributed by atoms with Crippen LogP contribution in [0, 0.1) is 0 Å². The molecule has 0 aromatic carbocycles. The highest BCUT2D eigenvalue weighted by atomic mass is 16.5. The minimum atomic E-state index is 0.421. The van der Waals surface area contributed by atoms with Gasteiger partial charge in [-0.25, -0.2) is 0 Å². The summed E-state index contributed by atoms with van der Waals surface area (Å²) >= 11 is 0. The van der Waals surface area contributed by atoms with Gasteiger partial charge in [-0.3, -0.25) is 0 Å². The van der Waals surface area contributed by atoms with Crippen LogP contribution in [0.4, 0.5) is 0 Å². The standard InChI is InChI=1S/C9H18N2O/c1-11-4-5-12-9(7-11)6-10-8-2-3-8/h8-10H,2-7H2,1H3. The highest BCUT2D eigenvalue weighted by molar-refractivity contribution is 4.83. The molecule has 0 spiro atoms. The van der Waals surface area contributed by atoms with E-state index < -0.39 is 0 Å². The third-order valence-electron chi connectivity index (χ3n) is 2.55. The lowest BCUT2D eigenvalue weighted by molar-refractivity contribution is -0.0182. The smallest absolute Gasteiger partial charge is 0.0826 e. The van der Waals surface area contributed by atoms with Crippen LogP contribution in [0.3, 0.4) is 0 Å². The average Bonchev–Trinajstić information content (AvgIpc) is 2.84. The van der Waals surface area contributed by atoms with Crippen molar-refractivity contribution in [1.29, 1.82) is 0 Å². The summed E-state index contributed by atoms with van der Waals surface area (Å²) in [6, 6.07) is 0.806. The molecule has 1 saturated carbocycles. The van der Waals surface area contributed by atoms with Gasteiger partial charge >= 0.3 is 0 Å². The molecule has 0 aromatic rings. The molecule has 0 aromatic heterocycles. The zero-order valence-electron chi connectivity index (χ0n) is 7.75. The van der Waals surface area contributed by atoms with Crippen molar-refractivity contribution in [2.75, 3.05) is 33.3 Å². The van der Waals surface area contributed by atoms with Gasteiger partial charge in [0.15, 0.2) is 0 Å². The number of ether oxygens (including phenoxy) is 1. The third-order valence-corrected chi connectivity index (χ3v) is 2.55. The fourth-order valence-electron chi connectivity index (χ4n) is 1.58. The summed E-state index contributed by atoms with van der Waals surface area (Å²) < 4.78 is 5.62. The minimum absolute atomic E-state index is 0.421. The molecular formula is C9H18N2O. The number of likely N-dealkylation sites (N-methyl/N-ethyl adjacent to an activating group) is 1. The van der Waals surface area contributed by atoms with E-state index in [1.807, 2.05) is 0 Å². The Bertz CT molecular complexity index is 147. The Labute approximate surface area is 74.1 Å². The fourth-order valence-corrected chi connectivity index (χ4v) is 1.58. The van der Waals surface area contributed by atoms with Crippen LogP contribution in [-0.2, 0) is 4.74 Å². The second-order valence-electron chi connectivity index (χ2n) is 3.94. The first-order valence-electron chi connectivity index (χ1n) is 4.88. The second-order valence-corrected chi connectivity index (χ2v) is 3.94. The maximum Gasteiger partial charge on any atom is 0.0826 e. The van der Waals surface area contributed by atoms with Gasteiger partial charge in [0, 0.05) is 25.7 Å². The average molecular weight is 170 g/mol. The number of rotatable bonds is 3. The van der Waals surface area contributed by atoms with Gasteiger partial charge < -0.3 is 15.0 Å². The van der Waals surface area contributed by atoms with E-state index in [1.54, 1.807) is 0 Å². The Kier molecular flexibility index (Phi) is 2.63. The second kappa shape index (κ2) is 3.73. The lowest BCUT2D eigenvalue weighted by Gasteiger charge is -2.30. The predicted molar refractivity (Wildman–Crippen MR) is 48.3 cm³/mol. The Hall–Kier alpha value is -0.120. The largest absolute Gasteiger partial charge is 0.374 e. The van der Waals surface area contributed by atoms with Crippen LogP contribution in [0.15, 0.2) is 0 Å². The SMILES string of the molecule is CN1CCOC(CNC2CC2)C1. The summed E-state index contributed by atoms with van der Waals surface area (Å²) in [7, 11) is 2.16. The molecule has 1 aliphatic heterocycles. The molecule has 3 nitrogen and oxygen atoms in total. The van der Waals surface area contributed by atoms with Crippen LogP contribution in [0.1, 0.15) is 12.8 Å². The molecule has 12 heavy (non-hydrogen) atoms. The van der Waals surface area contributed by atoms with Gasteiger partial charge in [0.05, 0.1) is 12.7 Å². The van der Waals surface area contributed by atoms with Crippen LogP contribution >= 0.6 is 0 Å². The Morgan fingerprint density at radius 1 is 1.50 bits per heavy atom. The molecule has 1 saturated heterocycles. The van der Waals surface area contributed by atoms with Crippen molar-refractivity contribution in [3.05, 3.63) is 0 Å². The van der Waals surface area contributed by atoms with Gasteiger partial charge in [-0.05, 0) is 19.9 Å². The van der Waals surface area contributed by atoms with E-state index in [2.05, 4.69) is 17.3 Å². The quantitative estimate of drug-likeness (QED) is 0.648. The number of hydrogen-bond acceptors (Lipinski definition) is 3. The van der Waals surface area contributed by atoms with Crippen molar-refractivity contribution < 1.29 is 4.74 Å². The van der Waals surface area contributed by atoms with Gasteiger partial charge in [-0.1, -0.05) is 0 Å². The summed E-state index contributed by atoms with van der Waals surface area (Å²) in [6.07, 6.45) is 3.15. The Balaban J connectivity index is 1.64. The van der Waals surface area contributed by atoms with Crippen LogP contribution in [0.25, 0.3) is 0 Å². The monoisotopic (exact) mass is 170 g/mol. The Morgan fingerprint density at radius 2 is 2.33 bits per heavy atom. The molecule has 70 valence electrons. The zero-order valence-corrected chi connectivity index (χ0v) is 7.75. The molecule has 1 unspecified atom stereocenters. The van der Waals surface area contributed by atoms with Crippen LogP contribution in [0.2, 0.25) is 0 Å². The predicted octanol–water partition coefficient (Wildman–Crippen LogP) is 0.0690. The topological polar surface area (TPSA) is 24.5 Å². The van der Waals surface area contributed by atoms with Gasteiger partial charge in [0.25, 0.3) is 0 Å². The van der Waals surface area contributed by atoms with E-state index in [0.717, 1.165) is 32.3 Å². The van der Waals surface area contributed by atoms with E-state index in [-0.39, 0.29) is 0 Å². The van der Waals surface area contributed by atoms with Gasteiger partial charge in [0.2, 0.25) is 0 Å². The Morgan fingerprint density at radius 3 is 3.00 bits per heavy atom. The van der Waals surface area contributed by atoms with Gasteiger partial charge in [-0.15, -0.1) is 0 Å². The van der Waals surface area contributed by atoms with E-state index in [9.17, 15) is 0 Å². The molecule has 0 amide bonds. The van der Waals surface area contributed by atoms with E-state index in [0.29, 0.717) is 6.10 Å². The maximum atomic E-state index is 5.62. The molecule has 0 bridgehead atoms. The summed E-state index contributed by atoms with van der Waals surface area (Å²) in [4.78, 5) is 2.34.